The van der Waals surface area contributed by atoms with Crippen LogP contribution >= 0.6 is 0 Å². The molecule has 0 radical (unpaired) electrons. The van der Waals surface area contributed by atoms with Gasteiger partial charge in [-0.05, 0) is 118 Å². The molecule has 0 aromatic rings. The molecular formula is C31H52O5. The number of hydrogen-bond acceptors (Lipinski definition) is 5. The highest BCUT2D eigenvalue weighted by Gasteiger charge is 2.65. The molecule has 9 atom stereocenters. The van der Waals surface area contributed by atoms with Crippen molar-refractivity contribution >= 4 is 11.9 Å². The zero-order valence-electron chi connectivity index (χ0n) is 24.0. The fraction of sp³-hybridized carbons (Fsp3) is 0.935. The first kappa shape index (κ1) is 27.9. The Bertz CT molecular complexity index is 837. The van der Waals surface area contributed by atoms with E-state index in [9.17, 15) is 14.7 Å². The van der Waals surface area contributed by atoms with E-state index in [1.165, 1.54) is 46.0 Å². The lowest BCUT2D eigenvalue weighted by Gasteiger charge is -2.64. The second kappa shape index (κ2) is 9.89. The van der Waals surface area contributed by atoms with Crippen molar-refractivity contribution < 1.29 is 24.2 Å². The Morgan fingerprint density at radius 3 is 2.36 bits per heavy atom. The predicted molar refractivity (Wildman–Crippen MR) is 141 cm³/mol. The minimum absolute atomic E-state index is 0.0696. The predicted octanol–water partition coefficient (Wildman–Crippen LogP) is 6.84. The van der Waals surface area contributed by atoms with Crippen LogP contribution in [0.25, 0.3) is 0 Å². The molecule has 5 heteroatoms. The van der Waals surface area contributed by atoms with Crippen LogP contribution in [0, 0.1) is 40.4 Å². The average molecular weight is 505 g/mol. The molecule has 4 rings (SSSR count). The van der Waals surface area contributed by atoms with Crippen LogP contribution in [0.4, 0.5) is 0 Å². The fourth-order valence-corrected chi connectivity index (χ4v) is 10.0. The van der Waals surface area contributed by atoms with Gasteiger partial charge in [0.15, 0.2) is 0 Å². The number of esters is 2. The monoisotopic (exact) mass is 504 g/mol. The summed E-state index contributed by atoms with van der Waals surface area (Å²) in [4.78, 5) is 23.0. The molecule has 206 valence electrons. The highest BCUT2D eigenvalue weighted by molar-refractivity contribution is 5.66. The van der Waals surface area contributed by atoms with E-state index in [2.05, 4.69) is 20.8 Å². The molecular weight excluding hydrogens is 452 g/mol. The first-order valence-corrected chi connectivity index (χ1v) is 14.8. The maximum Gasteiger partial charge on any atom is 0.303 e. The van der Waals surface area contributed by atoms with Gasteiger partial charge in [0.25, 0.3) is 0 Å². The van der Waals surface area contributed by atoms with Crippen LogP contribution < -0.4 is 0 Å². The third-order valence-electron chi connectivity index (χ3n) is 11.7. The van der Waals surface area contributed by atoms with Crippen molar-refractivity contribution in [3.8, 4) is 0 Å². The largest absolute Gasteiger partial charge is 0.462 e. The molecule has 4 fully saturated rings. The summed E-state index contributed by atoms with van der Waals surface area (Å²) in [5, 5.41) is 11.9. The van der Waals surface area contributed by atoms with E-state index in [4.69, 9.17) is 9.47 Å². The maximum absolute atomic E-state index is 11.9. The number of aliphatic hydroxyl groups is 1. The molecule has 36 heavy (non-hydrogen) atoms. The normalized spacial score (nSPS) is 43.1. The summed E-state index contributed by atoms with van der Waals surface area (Å²) >= 11 is 0. The first-order valence-electron chi connectivity index (χ1n) is 14.8. The van der Waals surface area contributed by atoms with E-state index in [-0.39, 0.29) is 29.1 Å². The van der Waals surface area contributed by atoms with Crippen LogP contribution in [0.3, 0.4) is 0 Å². The fourth-order valence-electron chi connectivity index (χ4n) is 10.0. The zero-order valence-corrected chi connectivity index (χ0v) is 24.0. The van der Waals surface area contributed by atoms with Crippen molar-refractivity contribution in [1.29, 1.82) is 0 Å². The Morgan fingerprint density at radius 2 is 1.69 bits per heavy atom. The molecule has 0 heterocycles. The van der Waals surface area contributed by atoms with Gasteiger partial charge in [-0.3, -0.25) is 9.59 Å². The number of rotatable bonds is 7. The van der Waals surface area contributed by atoms with Gasteiger partial charge in [-0.15, -0.1) is 0 Å². The summed E-state index contributed by atoms with van der Waals surface area (Å²) in [6.07, 6.45) is 12.6. The number of carbonyl (C=O) groups is 2. The van der Waals surface area contributed by atoms with E-state index in [0.717, 1.165) is 50.4 Å². The van der Waals surface area contributed by atoms with Crippen LogP contribution in [-0.2, 0) is 19.1 Å². The quantitative estimate of drug-likeness (QED) is 0.384. The lowest BCUT2D eigenvalue weighted by molar-refractivity contribution is -0.224. The standard InChI is InChI=1S/C31H52O5/c1-20(9-8-15-28(4,5)36-22(3)33)25-10-11-26-24-13-18-31(34)19-23(35-21(2)32)12-17-30(31,7)27(24)14-16-29(25,26)6/h20,23-27,34H,8-19H2,1-7H3/t20-,23?,24+,25-,26+,27+,29-,30-,31?/m1/s1. The van der Waals surface area contributed by atoms with Gasteiger partial charge in [-0.1, -0.05) is 27.2 Å². The van der Waals surface area contributed by atoms with E-state index in [1.54, 1.807) is 0 Å². The molecule has 4 saturated carbocycles. The molecule has 0 saturated heterocycles. The van der Waals surface area contributed by atoms with Crippen molar-refractivity contribution in [2.75, 3.05) is 0 Å². The first-order chi connectivity index (χ1) is 16.7. The van der Waals surface area contributed by atoms with Gasteiger partial charge in [0.1, 0.15) is 11.7 Å². The Kier molecular flexibility index (Phi) is 7.67. The van der Waals surface area contributed by atoms with Gasteiger partial charge in [0, 0.05) is 20.3 Å². The molecule has 2 unspecified atom stereocenters. The van der Waals surface area contributed by atoms with Gasteiger partial charge < -0.3 is 14.6 Å². The van der Waals surface area contributed by atoms with E-state index >= 15 is 0 Å². The molecule has 0 amide bonds. The van der Waals surface area contributed by atoms with Crippen molar-refractivity contribution in [2.45, 2.75) is 143 Å². The zero-order chi connectivity index (χ0) is 26.5. The Morgan fingerprint density at radius 1 is 0.972 bits per heavy atom. The molecule has 5 nitrogen and oxygen atoms in total. The van der Waals surface area contributed by atoms with Crippen LogP contribution in [0.5, 0.6) is 0 Å². The number of hydrogen-bond donors (Lipinski definition) is 1. The van der Waals surface area contributed by atoms with Gasteiger partial charge >= 0.3 is 11.9 Å². The smallest absolute Gasteiger partial charge is 0.303 e. The lowest BCUT2D eigenvalue weighted by Crippen LogP contribution is -2.63. The van der Waals surface area contributed by atoms with Crippen molar-refractivity contribution in [1.82, 2.24) is 0 Å². The molecule has 0 aliphatic heterocycles. The van der Waals surface area contributed by atoms with Crippen LogP contribution in [0.15, 0.2) is 0 Å². The average Bonchev–Trinajstić information content (AvgIpc) is 3.10. The second-order valence-electron chi connectivity index (χ2n) is 14.3. The second-order valence-corrected chi connectivity index (χ2v) is 14.3. The molecule has 4 aliphatic carbocycles. The van der Waals surface area contributed by atoms with Gasteiger partial charge in [-0.2, -0.15) is 0 Å². The van der Waals surface area contributed by atoms with Gasteiger partial charge in [0.05, 0.1) is 5.60 Å². The number of ether oxygens (including phenoxy) is 2. The van der Waals surface area contributed by atoms with Crippen molar-refractivity contribution in [3.63, 3.8) is 0 Å². The Balaban J connectivity index is 1.41. The minimum atomic E-state index is -0.708. The summed E-state index contributed by atoms with van der Waals surface area (Å²) in [6, 6.07) is 0. The molecule has 1 N–H and O–H groups in total. The maximum atomic E-state index is 11.9. The van der Waals surface area contributed by atoms with Gasteiger partial charge in [0.2, 0.25) is 0 Å². The van der Waals surface area contributed by atoms with Crippen LogP contribution in [0.2, 0.25) is 0 Å². The summed E-state index contributed by atoms with van der Waals surface area (Å²) < 4.78 is 11.1. The third-order valence-corrected chi connectivity index (χ3v) is 11.7. The number of carbonyl (C=O) groups excluding carboxylic acids is 2. The van der Waals surface area contributed by atoms with Gasteiger partial charge in [-0.25, -0.2) is 0 Å². The number of fused-ring (bicyclic) bond motifs is 5. The summed E-state index contributed by atoms with van der Waals surface area (Å²) in [6.45, 7) is 14.4. The van der Waals surface area contributed by atoms with Crippen LogP contribution in [-0.4, -0.2) is 34.4 Å². The lowest BCUT2D eigenvalue weighted by atomic mass is 9.43. The highest BCUT2D eigenvalue weighted by atomic mass is 16.6. The molecule has 0 bridgehead atoms. The third kappa shape index (κ3) is 4.99. The topological polar surface area (TPSA) is 72.8 Å². The van der Waals surface area contributed by atoms with E-state index < -0.39 is 5.60 Å². The SMILES string of the molecule is CC(=O)OC1CC[C@]2(C)[C@H]3CC[C@]4(C)[C@@H]([C@H](C)CCCC(C)(C)OC(C)=O)CC[C@H]4[C@@H]3CCC2(O)C1. The Labute approximate surface area is 219 Å². The summed E-state index contributed by atoms with van der Waals surface area (Å²) in [5.74, 6) is 3.06. The molecule has 0 spiro atoms. The van der Waals surface area contributed by atoms with Crippen molar-refractivity contribution in [3.05, 3.63) is 0 Å². The minimum Gasteiger partial charge on any atom is -0.462 e. The van der Waals surface area contributed by atoms with E-state index in [0.29, 0.717) is 29.6 Å². The Hall–Kier alpha value is -1.10. The summed E-state index contributed by atoms with van der Waals surface area (Å²) in [5.41, 5.74) is -0.762. The summed E-state index contributed by atoms with van der Waals surface area (Å²) in [7, 11) is 0. The molecule has 0 aromatic heterocycles. The molecule has 4 aliphatic rings. The molecule has 0 aromatic carbocycles. The highest BCUT2D eigenvalue weighted by Crippen LogP contribution is 2.69. The van der Waals surface area contributed by atoms with Crippen molar-refractivity contribution in [2.24, 2.45) is 40.4 Å². The van der Waals surface area contributed by atoms with E-state index in [1.807, 2.05) is 13.8 Å². The van der Waals surface area contributed by atoms with Crippen LogP contribution in [0.1, 0.15) is 126 Å².